The van der Waals surface area contributed by atoms with Crippen molar-refractivity contribution in [3.8, 4) is 5.82 Å². The normalized spacial score (nSPS) is 12.7. The summed E-state index contributed by atoms with van der Waals surface area (Å²) in [6, 6.07) is 9.08. The van der Waals surface area contributed by atoms with Gasteiger partial charge in [0.05, 0.1) is 29.0 Å². The van der Waals surface area contributed by atoms with Crippen LogP contribution < -0.4 is 11.0 Å². The highest BCUT2D eigenvalue weighted by Gasteiger charge is 2.29. The Bertz CT molecular complexity index is 1600. The maximum absolute atomic E-state index is 13.6. The number of benzene rings is 1. The van der Waals surface area contributed by atoms with Crippen molar-refractivity contribution < 1.29 is 9.59 Å². The lowest BCUT2D eigenvalue weighted by atomic mass is 10.1. The number of nitrogens with zero attached hydrogens (tertiary/aromatic N) is 5. The van der Waals surface area contributed by atoms with E-state index in [-0.39, 0.29) is 24.2 Å². The minimum atomic E-state index is -0.403. The molecule has 1 unspecified atom stereocenters. The highest BCUT2D eigenvalue weighted by Crippen LogP contribution is 2.29. The average Bonchev–Trinajstić information content (AvgIpc) is 3.61. The van der Waals surface area contributed by atoms with Gasteiger partial charge in [-0.15, -0.1) is 0 Å². The SMILES string of the molecule is C=Cc1c(/C=C\C)n(Cc2nc3cc4c(cc3[nH]2)CC(N(C)C(=O)NC(C)=O)C4)c(=O)n1-c1ccccn1.CC. The number of aromatic nitrogens is 5. The third-order valence-electron chi connectivity index (χ3n) is 6.83. The molecule has 10 nitrogen and oxygen atoms in total. The molecule has 3 aromatic heterocycles. The number of aromatic amines is 1. The Balaban J connectivity index is 0.00000181. The predicted molar refractivity (Wildman–Crippen MR) is 157 cm³/mol. The van der Waals surface area contributed by atoms with Gasteiger partial charge in [-0.05, 0) is 67.3 Å². The number of allylic oxidation sites excluding steroid dienone is 1. The topological polar surface area (TPSA) is 118 Å². The summed E-state index contributed by atoms with van der Waals surface area (Å²) in [6.07, 6.45) is 8.44. The third kappa shape index (κ3) is 5.38. The van der Waals surface area contributed by atoms with Gasteiger partial charge >= 0.3 is 11.7 Å². The molecule has 2 N–H and O–H groups in total. The number of carbonyl (C=O) groups is 2. The van der Waals surface area contributed by atoms with Gasteiger partial charge in [-0.1, -0.05) is 32.6 Å². The summed E-state index contributed by atoms with van der Waals surface area (Å²) in [5, 5.41) is 2.33. The second-order valence-corrected chi connectivity index (χ2v) is 9.35. The lowest BCUT2D eigenvalue weighted by molar-refractivity contribution is -0.118. The van der Waals surface area contributed by atoms with E-state index in [0.717, 1.165) is 27.9 Å². The first-order valence-electron chi connectivity index (χ1n) is 13.4. The number of carbonyl (C=O) groups excluding carboxylic acids is 2. The Morgan fingerprint density at radius 1 is 1.20 bits per heavy atom. The number of likely N-dealkylation sites (N-methyl/N-ethyl adjacent to an activating group) is 1. The van der Waals surface area contributed by atoms with Crippen LogP contribution >= 0.6 is 0 Å². The van der Waals surface area contributed by atoms with Gasteiger partial charge in [0.1, 0.15) is 11.6 Å². The standard InChI is InChI=1S/C28H29N7O3.C2H6/c1-5-9-24-23(6-2)35(26-10-7-8-11-29-26)28(38)34(24)16-25-31-21-14-18-12-20(13-19(18)15-22(21)32-25)33(4)27(37)30-17(3)36;1-2/h5-11,14-15,20H,2,12-13,16H2,1,3-4H3,(H,31,32)(H,30,36,37);1-2H3/b9-5-;. The molecule has 10 heteroatoms. The number of urea groups is 1. The maximum Gasteiger partial charge on any atom is 0.335 e. The first kappa shape index (κ1) is 28.3. The molecule has 0 bridgehead atoms. The zero-order valence-electron chi connectivity index (χ0n) is 23.6. The molecule has 0 saturated heterocycles. The maximum atomic E-state index is 13.6. The van der Waals surface area contributed by atoms with Crippen LogP contribution in [0.2, 0.25) is 0 Å². The molecule has 0 saturated carbocycles. The van der Waals surface area contributed by atoms with E-state index in [1.807, 2.05) is 45.1 Å². The van der Waals surface area contributed by atoms with E-state index < -0.39 is 6.03 Å². The minimum Gasteiger partial charge on any atom is -0.340 e. The van der Waals surface area contributed by atoms with Crippen LogP contribution in [0, 0.1) is 0 Å². The highest BCUT2D eigenvalue weighted by molar-refractivity contribution is 5.93. The number of H-pyrrole nitrogens is 1. The summed E-state index contributed by atoms with van der Waals surface area (Å²) >= 11 is 0. The van der Waals surface area contributed by atoms with E-state index in [2.05, 4.69) is 27.9 Å². The zero-order chi connectivity index (χ0) is 29.0. The second kappa shape index (κ2) is 12.0. The van der Waals surface area contributed by atoms with Crippen molar-refractivity contribution in [2.24, 2.45) is 0 Å². The number of fused-ring (bicyclic) bond motifs is 2. The van der Waals surface area contributed by atoms with Crippen LogP contribution in [-0.2, 0) is 24.2 Å². The van der Waals surface area contributed by atoms with E-state index >= 15 is 0 Å². The Labute approximate surface area is 233 Å². The van der Waals surface area contributed by atoms with Gasteiger partial charge in [0.15, 0.2) is 0 Å². The molecule has 40 heavy (non-hydrogen) atoms. The quantitative estimate of drug-likeness (QED) is 0.377. The van der Waals surface area contributed by atoms with Gasteiger partial charge in [-0.2, -0.15) is 0 Å². The summed E-state index contributed by atoms with van der Waals surface area (Å²) in [6.45, 7) is 11.4. The number of nitrogens with one attached hydrogen (secondary N) is 2. The molecular formula is C30H35N7O3. The Morgan fingerprint density at radius 2 is 1.93 bits per heavy atom. The summed E-state index contributed by atoms with van der Waals surface area (Å²) in [5.41, 5.74) is 5.05. The van der Waals surface area contributed by atoms with Gasteiger partial charge < -0.3 is 9.88 Å². The van der Waals surface area contributed by atoms with Crippen molar-refractivity contribution in [2.45, 2.75) is 53.1 Å². The largest absolute Gasteiger partial charge is 0.340 e. The number of rotatable bonds is 6. The fraction of sp³-hybridized carbons (Fsp3) is 0.300. The summed E-state index contributed by atoms with van der Waals surface area (Å²) in [7, 11) is 1.70. The third-order valence-corrected chi connectivity index (χ3v) is 6.83. The van der Waals surface area contributed by atoms with Gasteiger partial charge in [0, 0.05) is 26.2 Å². The van der Waals surface area contributed by atoms with Gasteiger partial charge in [-0.25, -0.2) is 24.1 Å². The summed E-state index contributed by atoms with van der Waals surface area (Å²) in [5.74, 6) is 0.795. The molecule has 4 aromatic rings. The molecule has 1 aliphatic rings. The van der Waals surface area contributed by atoms with Gasteiger partial charge in [-0.3, -0.25) is 14.7 Å². The molecule has 1 aliphatic carbocycles. The molecule has 3 heterocycles. The van der Waals surface area contributed by atoms with E-state index in [1.165, 1.54) is 6.92 Å². The molecule has 0 fully saturated rings. The molecule has 3 amide bonds. The average molecular weight is 542 g/mol. The van der Waals surface area contributed by atoms with Crippen LogP contribution in [0.3, 0.4) is 0 Å². The van der Waals surface area contributed by atoms with Crippen LogP contribution in [-0.4, -0.2) is 54.0 Å². The fourth-order valence-corrected chi connectivity index (χ4v) is 5.03. The monoisotopic (exact) mass is 541 g/mol. The molecular weight excluding hydrogens is 506 g/mol. The number of hydrogen-bond donors (Lipinski definition) is 2. The van der Waals surface area contributed by atoms with Gasteiger partial charge in [0.2, 0.25) is 5.91 Å². The molecule has 5 rings (SSSR count). The smallest absolute Gasteiger partial charge is 0.335 e. The summed E-state index contributed by atoms with van der Waals surface area (Å²) in [4.78, 5) is 51.2. The number of amides is 3. The van der Waals surface area contributed by atoms with Crippen molar-refractivity contribution in [3.05, 3.63) is 88.0 Å². The van der Waals surface area contributed by atoms with E-state index in [1.54, 1.807) is 45.5 Å². The molecule has 0 spiro atoms. The second-order valence-electron chi connectivity index (χ2n) is 9.35. The van der Waals surface area contributed by atoms with Crippen molar-refractivity contribution in [3.63, 3.8) is 0 Å². The predicted octanol–water partition coefficient (Wildman–Crippen LogP) is 4.32. The fourth-order valence-electron chi connectivity index (χ4n) is 5.03. The molecule has 0 radical (unpaired) electrons. The Hall–Kier alpha value is -4.73. The Kier molecular flexibility index (Phi) is 8.47. The van der Waals surface area contributed by atoms with Crippen molar-refractivity contribution in [2.75, 3.05) is 7.05 Å². The summed E-state index contributed by atoms with van der Waals surface area (Å²) < 4.78 is 3.22. The highest BCUT2D eigenvalue weighted by atomic mass is 16.2. The van der Waals surface area contributed by atoms with E-state index in [4.69, 9.17) is 4.98 Å². The number of hydrogen-bond acceptors (Lipinski definition) is 5. The van der Waals surface area contributed by atoms with Crippen LogP contribution in [0.25, 0.3) is 29.0 Å². The van der Waals surface area contributed by atoms with Crippen molar-refractivity contribution >= 4 is 35.1 Å². The molecule has 1 atom stereocenters. The van der Waals surface area contributed by atoms with Crippen molar-refractivity contribution in [1.29, 1.82) is 0 Å². The molecule has 1 aromatic carbocycles. The van der Waals surface area contributed by atoms with Crippen LogP contribution in [0.15, 0.2) is 54.0 Å². The number of pyridine rings is 1. The molecule has 208 valence electrons. The minimum absolute atomic E-state index is 0.0408. The molecule has 0 aliphatic heterocycles. The lowest BCUT2D eigenvalue weighted by Gasteiger charge is -2.23. The number of imidazole rings is 2. The first-order chi connectivity index (χ1) is 19.3. The Morgan fingerprint density at radius 3 is 2.55 bits per heavy atom. The van der Waals surface area contributed by atoms with Gasteiger partial charge in [0.25, 0.3) is 0 Å². The van der Waals surface area contributed by atoms with Crippen LogP contribution in [0.1, 0.15) is 56.0 Å². The van der Waals surface area contributed by atoms with Crippen LogP contribution in [0.4, 0.5) is 4.79 Å². The van der Waals surface area contributed by atoms with Crippen molar-refractivity contribution in [1.82, 2.24) is 34.3 Å². The lowest BCUT2D eigenvalue weighted by Crippen LogP contribution is -2.45. The van der Waals surface area contributed by atoms with E-state index in [0.29, 0.717) is 30.2 Å². The van der Waals surface area contributed by atoms with Crippen LogP contribution in [0.5, 0.6) is 0 Å². The number of imide groups is 1. The first-order valence-corrected chi connectivity index (χ1v) is 13.4. The van der Waals surface area contributed by atoms with E-state index in [9.17, 15) is 14.4 Å². The zero-order valence-corrected chi connectivity index (χ0v) is 23.6.